The second-order valence-corrected chi connectivity index (χ2v) is 6.19. The monoisotopic (exact) mass is 425 g/mol. The van der Waals surface area contributed by atoms with Gasteiger partial charge in [-0.2, -0.15) is 0 Å². The van der Waals surface area contributed by atoms with Gasteiger partial charge in [0.15, 0.2) is 0 Å². The quantitative estimate of drug-likeness (QED) is 0.262. The molecule has 0 atom stereocenters. The fourth-order valence-corrected chi connectivity index (χ4v) is 2.73. The first-order chi connectivity index (χ1) is 13.1. The second kappa shape index (κ2) is 8.33. The van der Waals surface area contributed by atoms with Crippen LogP contribution in [-0.4, -0.2) is 21.6 Å². The van der Waals surface area contributed by atoms with E-state index in [2.05, 4.69) is 26.1 Å². The highest BCUT2D eigenvalue weighted by Gasteiger charge is 2.14. The molecular formula is C19H12BrN3O4. The maximum Gasteiger partial charge on any atom is 0.366 e. The summed E-state index contributed by atoms with van der Waals surface area (Å²) in [4.78, 5) is 31.8. The number of rotatable bonds is 5. The number of benzene rings is 2. The first kappa shape index (κ1) is 18.4. The molecule has 3 rings (SSSR count). The molecule has 1 aromatic heterocycles. The van der Waals surface area contributed by atoms with Crippen molar-refractivity contribution in [2.24, 2.45) is 5.16 Å². The van der Waals surface area contributed by atoms with Gasteiger partial charge in [-0.15, -0.1) is 0 Å². The van der Waals surface area contributed by atoms with Crippen molar-refractivity contribution in [3.63, 3.8) is 0 Å². The minimum Gasteiger partial charge on any atom is -0.312 e. The summed E-state index contributed by atoms with van der Waals surface area (Å²) in [6, 6.07) is 16.0. The van der Waals surface area contributed by atoms with Gasteiger partial charge in [0, 0.05) is 40.1 Å². The number of nitrogens with zero attached hydrogens (tertiary/aromatic N) is 3. The SMILES string of the molecule is O=C(ON=C(c1ccncc1)c1ccc([N+](=O)[O-])cc1)c1ccccc1Br. The van der Waals surface area contributed by atoms with Gasteiger partial charge in [-0.05, 0) is 52.3 Å². The third-order valence-electron chi connectivity index (χ3n) is 3.62. The summed E-state index contributed by atoms with van der Waals surface area (Å²) in [6.45, 7) is 0. The molecule has 0 N–H and O–H groups in total. The van der Waals surface area contributed by atoms with Gasteiger partial charge in [-0.1, -0.05) is 17.3 Å². The highest BCUT2D eigenvalue weighted by Crippen LogP contribution is 2.19. The van der Waals surface area contributed by atoms with E-state index in [1.54, 1.807) is 60.9 Å². The normalized spacial score (nSPS) is 11.1. The van der Waals surface area contributed by atoms with E-state index in [4.69, 9.17) is 4.84 Å². The molecule has 3 aromatic rings. The van der Waals surface area contributed by atoms with Crippen LogP contribution in [-0.2, 0) is 4.84 Å². The molecule has 0 unspecified atom stereocenters. The van der Waals surface area contributed by atoms with Crippen LogP contribution in [0.2, 0.25) is 0 Å². The lowest BCUT2D eigenvalue weighted by molar-refractivity contribution is -0.384. The van der Waals surface area contributed by atoms with Gasteiger partial charge in [0.05, 0.1) is 10.5 Å². The predicted octanol–water partition coefficient (Wildman–Crippen LogP) is 4.36. The van der Waals surface area contributed by atoms with Gasteiger partial charge in [-0.25, -0.2) is 4.79 Å². The number of halogens is 1. The minimum atomic E-state index is -0.629. The Hall–Kier alpha value is -3.39. The molecule has 0 aliphatic heterocycles. The molecule has 0 radical (unpaired) electrons. The van der Waals surface area contributed by atoms with Crippen molar-refractivity contribution in [3.05, 3.63) is 104 Å². The number of oxime groups is 1. The van der Waals surface area contributed by atoms with Crippen LogP contribution in [0.1, 0.15) is 21.5 Å². The Kier molecular flexibility index (Phi) is 5.68. The topological polar surface area (TPSA) is 94.7 Å². The number of hydrogen-bond donors (Lipinski definition) is 0. The van der Waals surface area contributed by atoms with Crippen LogP contribution in [0.5, 0.6) is 0 Å². The fraction of sp³-hybridized carbons (Fsp3) is 0. The zero-order valence-electron chi connectivity index (χ0n) is 13.8. The second-order valence-electron chi connectivity index (χ2n) is 5.34. The average molecular weight is 426 g/mol. The van der Waals surface area contributed by atoms with Gasteiger partial charge in [0.1, 0.15) is 5.71 Å². The van der Waals surface area contributed by atoms with Crippen LogP contribution in [0.4, 0.5) is 5.69 Å². The lowest BCUT2D eigenvalue weighted by Gasteiger charge is -2.07. The Labute approximate surface area is 162 Å². The molecule has 0 amide bonds. The van der Waals surface area contributed by atoms with Crippen LogP contribution in [0, 0.1) is 10.1 Å². The van der Waals surface area contributed by atoms with Crippen molar-refractivity contribution in [3.8, 4) is 0 Å². The number of carbonyl (C=O) groups is 1. The van der Waals surface area contributed by atoms with Gasteiger partial charge >= 0.3 is 5.97 Å². The summed E-state index contributed by atoms with van der Waals surface area (Å²) >= 11 is 3.29. The van der Waals surface area contributed by atoms with Gasteiger partial charge in [-0.3, -0.25) is 15.1 Å². The lowest BCUT2D eigenvalue weighted by atomic mass is 10.0. The first-order valence-electron chi connectivity index (χ1n) is 7.75. The number of aromatic nitrogens is 1. The molecule has 0 fully saturated rings. The van der Waals surface area contributed by atoms with E-state index in [1.165, 1.54) is 12.1 Å². The molecule has 0 spiro atoms. The summed E-state index contributed by atoms with van der Waals surface area (Å²) in [5.41, 5.74) is 1.86. The van der Waals surface area contributed by atoms with Gasteiger partial charge in [0.2, 0.25) is 0 Å². The van der Waals surface area contributed by atoms with Crippen molar-refractivity contribution in [1.82, 2.24) is 4.98 Å². The Morgan fingerprint density at radius 3 is 2.26 bits per heavy atom. The first-order valence-corrected chi connectivity index (χ1v) is 8.54. The standard InChI is InChI=1S/C19H12BrN3O4/c20-17-4-2-1-3-16(17)19(24)27-22-18(14-9-11-21-12-10-14)13-5-7-15(8-6-13)23(25)26/h1-12H. The van der Waals surface area contributed by atoms with E-state index in [0.29, 0.717) is 26.9 Å². The lowest BCUT2D eigenvalue weighted by Crippen LogP contribution is -2.08. The molecule has 0 saturated heterocycles. The largest absolute Gasteiger partial charge is 0.366 e. The molecule has 2 aromatic carbocycles. The predicted molar refractivity (Wildman–Crippen MR) is 103 cm³/mol. The summed E-state index contributed by atoms with van der Waals surface area (Å²) in [5.74, 6) is -0.629. The Morgan fingerprint density at radius 2 is 1.63 bits per heavy atom. The number of hydrogen-bond acceptors (Lipinski definition) is 6. The summed E-state index contributed by atoms with van der Waals surface area (Å²) in [6.07, 6.45) is 3.15. The molecule has 27 heavy (non-hydrogen) atoms. The Balaban J connectivity index is 1.95. The van der Waals surface area contributed by atoms with E-state index in [0.717, 1.165) is 0 Å². The maximum absolute atomic E-state index is 12.3. The third kappa shape index (κ3) is 4.42. The molecule has 8 heteroatoms. The number of nitro groups is 1. The molecule has 1 heterocycles. The van der Waals surface area contributed by atoms with E-state index < -0.39 is 10.9 Å². The van der Waals surface area contributed by atoms with E-state index in [-0.39, 0.29) is 5.69 Å². The van der Waals surface area contributed by atoms with Crippen LogP contribution in [0.15, 0.2) is 82.7 Å². The molecule has 0 saturated carbocycles. The highest BCUT2D eigenvalue weighted by atomic mass is 79.9. The summed E-state index contributed by atoms with van der Waals surface area (Å²) < 4.78 is 0.589. The number of pyridine rings is 1. The third-order valence-corrected chi connectivity index (χ3v) is 4.31. The number of carbonyl (C=O) groups excluding carboxylic acids is 1. The molecule has 0 aliphatic rings. The van der Waals surface area contributed by atoms with E-state index in [9.17, 15) is 14.9 Å². The van der Waals surface area contributed by atoms with Crippen LogP contribution < -0.4 is 0 Å². The molecule has 7 nitrogen and oxygen atoms in total. The molecule has 0 bridgehead atoms. The van der Waals surface area contributed by atoms with Crippen molar-refractivity contribution in [2.75, 3.05) is 0 Å². The van der Waals surface area contributed by atoms with E-state index >= 15 is 0 Å². The van der Waals surface area contributed by atoms with Crippen molar-refractivity contribution < 1.29 is 14.6 Å². The zero-order chi connectivity index (χ0) is 19.2. The van der Waals surface area contributed by atoms with Crippen molar-refractivity contribution in [1.29, 1.82) is 0 Å². The van der Waals surface area contributed by atoms with E-state index in [1.807, 2.05) is 0 Å². The van der Waals surface area contributed by atoms with Crippen molar-refractivity contribution in [2.45, 2.75) is 0 Å². The zero-order valence-corrected chi connectivity index (χ0v) is 15.4. The van der Waals surface area contributed by atoms with Gasteiger partial charge < -0.3 is 4.84 Å². The van der Waals surface area contributed by atoms with Crippen LogP contribution in [0.3, 0.4) is 0 Å². The minimum absolute atomic E-state index is 0.0435. The molecular weight excluding hydrogens is 414 g/mol. The average Bonchev–Trinajstić information content (AvgIpc) is 2.69. The van der Waals surface area contributed by atoms with Crippen LogP contribution in [0.25, 0.3) is 0 Å². The maximum atomic E-state index is 12.3. The molecule has 134 valence electrons. The summed E-state index contributed by atoms with van der Waals surface area (Å²) in [5, 5.41) is 14.9. The van der Waals surface area contributed by atoms with Crippen molar-refractivity contribution >= 4 is 33.3 Å². The smallest absolute Gasteiger partial charge is 0.312 e. The number of non-ortho nitro benzene ring substituents is 1. The Bertz CT molecular complexity index is 1000. The molecule has 0 aliphatic carbocycles. The fourth-order valence-electron chi connectivity index (χ4n) is 2.29. The van der Waals surface area contributed by atoms with Crippen LogP contribution >= 0.6 is 15.9 Å². The highest BCUT2D eigenvalue weighted by molar-refractivity contribution is 9.10. The summed E-state index contributed by atoms with van der Waals surface area (Å²) in [7, 11) is 0. The van der Waals surface area contributed by atoms with Gasteiger partial charge in [0.25, 0.3) is 5.69 Å². The Morgan fingerprint density at radius 1 is 1.00 bits per heavy atom. The number of nitro benzene ring substituents is 1.